The first-order chi connectivity index (χ1) is 9.89. The highest BCUT2D eigenvalue weighted by Gasteiger charge is 2.33. The monoisotopic (exact) mass is 336 g/mol. The van der Waals surface area contributed by atoms with Gasteiger partial charge in [0.05, 0.1) is 24.0 Å². The number of hydrogen-bond donors (Lipinski definition) is 1. The molecule has 2 aliphatic rings. The molecule has 0 radical (unpaired) electrons. The Hall–Kier alpha value is -0.960. The van der Waals surface area contributed by atoms with Crippen molar-refractivity contribution in [3.8, 4) is 0 Å². The zero-order valence-corrected chi connectivity index (χ0v) is 13.4. The van der Waals surface area contributed by atoms with Crippen molar-refractivity contribution in [1.82, 2.24) is 9.80 Å². The highest BCUT2D eigenvalue weighted by molar-refractivity contribution is 7.99. The molecule has 0 aromatic carbocycles. The van der Waals surface area contributed by atoms with E-state index in [0.29, 0.717) is 25.3 Å². The standard InChI is InChI=1S/C12H20N2O5S2/c15-11(16)8-10-9-20-5-3-14(10)12(17)13-2-1-6-21(18,19)7-4-13/h10H,1-9H2,(H,15,16). The predicted octanol–water partition coefficient (Wildman–Crippen LogP) is 0.119. The smallest absolute Gasteiger partial charge is 0.320 e. The summed E-state index contributed by atoms with van der Waals surface area (Å²) in [6.07, 6.45) is 0.380. The fourth-order valence-electron chi connectivity index (χ4n) is 2.59. The van der Waals surface area contributed by atoms with Crippen LogP contribution in [0.15, 0.2) is 0 Å². The molecule has 2 rings (SSSR count). The second-order valence-corrected chi connectivity index (χ2v) is 8.75. The molecule has 2 amide bonds. The van der Waals surface area contributed by atoms with Crippen LogP contribution in [0.1, 0.15) is 12.8 Å². The third kappa shape index (κ3) is 4.50. The zero-order chi connectivity index (χ0) is 15.5. The molecule has 7 nitrogen and oxygen atoms in total. The van der Waals surface area contributed by atoms with Crippen LogP contribution in [0.2, 0.25) is 0 Å². The summed E-state index contributed by atoms with van der Waals surface area (Å²) >= 11 is 1.65. The van der Waals surface area contributed by atoms with E-state index in [2.05, 4.69) is 0 Å². The topological polar surface area (TPSA) is 95.0 Å². The number of carbonyl (C=O) groups excluding carboxylic acids is 1. The maximum absolute atomic E-state index is 12.6. The van der Waals surface area contributed by atoms with Gasteiger partial charge in [-0.3, -0.25) is 4.79 Å². The van der Waals surface area contributed by atoms with Gasteiger partial charge in [-0.1, -0.05) is 0 Å². The van der Waals surface area contributed by atoms with Gasteiger partial charge in [-0.2, -0.15) is 11.8 Å². The minimum Gasteiger partial charge on any atom is -0.481 e. The van der Waals surface area contributed by atoms with Gasteiger partial charge in [0.15, 0.2) is 9.84 Å². The molecule has 2 heterocycles. The number of amides is 2. The molecular weight excluding hydrogens is 316 g/mol. The first-order valence-electron chi connectivity index (χ1n) is 6.94. The van der Waals surface area contributed by atoms with E-state index in [1.54, 1.807) is 21.6 Å². The molecule has 0 saturated carbocycles. The van der Waals surface area contributed by atoms with Gasteiger partial charge in [0, 0.05) is 31.1 Å². The van der Waals surface area contributed by atoms with Crippen LogP contribution in [0.3, 0.4) is 0 Å². The number of carboxylic acid groups (broad SMARTS) is 1. The van der Waals surface area contributed by atoms with Crippen LogP contribution in [0, 0.1) is 0 Å². The van der Waals surface area contributed by atoms with Gasteiger partial charge >= 0.3 is 12.0 Å². The molecule has 0 bridgehead atoms. The summed E-state index contributed by atoms with van der Waals surface area (Å²) < 4.78 is 23.2. The number of rotatable bonds is 2. The van der Waals surface area contributed by atoms with Crippen molar-refractivity contribution in [2.75, 3.05) is 42.6 Å². The first kappa shape index (κ1) is 16.4. The van der Waals surface area contributed by atoms with Crippen LogP contribution in [-0.2, 0) is 14.6 Å². The SMILES string of the molecule is O=C(O)CC1CSCCN1C(=O)N1CCCS(=O)(=O)CC1. The molecule has 2 aliphatic heterocycles. The number of nitrogens with zero attached hydrogens (tertiary/aromatic N) is 2. The summed E-state index contributed by atoms with van der Waals surface area (Å²) in [6.45, 7) is 1.14. The molecule has 21 heavy (non-hydrogen) atoms. The van der Waals surface area contributed by atoms with Crippen LogP contribution >= 0.6 is 11.8 Å². The number of sulfone groups is 1. The van der Waals surface area contributed by atoms with E-state index in [4.69, 9.17) is 5.11 Å². The van der Waals surface area contributed by atoms with E-state index >= 15 is 0 Å². The summed E-state index contributed by atoms with van der Waals surface area (Å²) in [4.78, 5) is 26.6. The molecule has 1 unspecified atom stereocenters. The summed E-state index contributed by atoms with van der Waals surface area (Å²) in [6, 6.07) is -0.535. The maximum Gasteiger partial charge on any atom is 0.320 e. The van der Waals surface area contributed by atoms with Gasteiger partial charge in [-0.25, -0.2) is 13.2 Å². The molecule has 0 aromatic heterocycles. The molecule has 1 atom stereocenters. The quantitative estimate of drug-likeness (QED) is 0.769. The van der Waals surface area contributed by atoms with E-state index in [1.165, 1.54) is 0 Å². The average Bonchev–Trinajstić information content (AvgIpc) is 2.59. The highest BCUT2D eigenvalue weighted by atomic mass is 32.2. The van der Waals surface area contributed by atoms with Crippen LogP contribution in [0.25, 0.3) is 0 Å². The highest BCUT2D eigenvalue weighted by Crippen LogP contribution is 2.21. The second-order valence-electron chi connectivity index (χ2n) is 5.29. The Morgan fingerprint density at radius 3 is 2.67 bits per heavy atom. The summed E-state index contributed by atoms with van der Waals surface area (Å²) in [5, 5.41) is 8.95. The summed E-state index contributed by atoms with van der Waals surface area (Å²) in [5.41, 5.74) is 0. The number of aliphatic carboxylic acids is 1. The van der Waals surface area contributed by atoms with E-state index in [1.807, 2.05) is 0 Å². The number of carboxylic acids is 1. The largest absolute Gasteiger partial charge is 0.481 e. The zero-order valence-electron chi connectivity index (χ0n) is 11.7. The Morgan fingerprint density at radius 1 is 1.19 bits per heavy atom. The van der Waals surface area contributed by atoms with E-state index in [9.17, 15) is 18.0 Å². The van der Waals surface area contributed by atoms with Crippen LogP contribution < -0.4 is 0 Å². The van der Waals surface area contributed by atoms with E-state index in [0.717, 1.165) is 5.75 Å². The van der Waals surface area contributed by atoms with E-state index in [-0.39, 0.29) is 36.5 Å². The molecule has 0 spiro atoms. The van der Waals surface area contributed by atoms with Crippen molar-refractivity contribution in [2.45, 2.75) is 18.9 Å². The molecular formula is C12H20N2O5S2. The normalized spacial score (nSPS) is 26.2. The summed E-state index contributed by atoms with van der Waals surface area (Å²) in [7, 11) is -3.06. The Kier molecular flexibility index (Phi) is 5.37. The van der Waals surface area contributed by atoms with Crippen LogP contribution in [0.4, 0.5) is 4.79 Å². The second kappa shape index (κ2) is 6.87. The molecule has 1 N–H and O–H groups in total. The van der Waals surface area contributed by atoms with Gasteiger partial charge in [-0.05, 0) is 6.42 Å². The molecule has 2 fully saturated rings. The molecule has 0 aliphatic carbocycles. The Labute approximate surface area is 128 Å². The first-order valence-corrected chi connectivity index (χ1v) is 9.92. The fraction of sp³-hybridized carbons (Fsp3) is 0.833. The van der Waals surface area contributed by atoms with Gasteiger partial charge in [0.25, 0.3) is 0 Å². The van der Waals surface area contributed by atoms with Crippen molar-refractivity contribution >= 4 is 33.6 Å². The fourth-order valence-corrected chi connectivity index (χ4v) is 4.92. The Bertz CT molecular complexity index is 508. The van der Waals surface area contributed by atoms with Crippen molar-refractivity contribution in [3.05, 3.63) is 0 Å². The van der Waals surface area contributed by atoms with Crippen LogP contribution in [0.5, 0.6) is 0 Å². The minimum atomic E-state index is -3.06. The van der Waals surface area contributed by atoms with Gasteiger partial charge in [0.1, 0.15) is 0 Å². The molecule has 2 saturated heterocycles. The van der Waals surface area contributed by atoms with Gasteiger partial charge in [0.2, 0.25) is 0 Å². The Morgan fingerprint density at radius 2 is 1.95 bits per heavy atom. The third-order valence-electron chi connectivity index (χ3n) is 3.71. The van der Waals surface area contributed by atoms with Crippen molar-refractivity contribution in [3.63, 3.8) is 0 Å². The predicted molar refractivity (Wildman–Crippen MR) is 80.3 cm³/mol. The lowest BCUT2D eigenvalue weighted by molar-refractivity contribution is -0.138. The number of hydrogen-bond acceptors (Lipinski definition) is 5. The molecule has 9 heteroatoms. The van der Waals surface area contributed by atoms with Crippen molar-refractivity contribution < 1.29 is 23.1 Å². The van der Waals surface area contributed by atoms with Gasteiger partial charge in [-0.15, -0.1) is 0 Å². The van der Waals surface area contributed by atoms with Crippen molar-refractivity contribution in [2.24, 2.45) is 0 Å². The molecule has 120 valence electrons. The third-order valence-corrected chi connectivity index (χ3v) is 6.52. The maximum atomic E-state index is 12.6. The number of carbonyl (C=O) groups is 2. The lowest BCUT2D eigenvalue weighted by Gasteiger charge is -2.37. The average molecular weight is 336 g/mol. The Balaban J connectivity index is 2.04. The minimum absolute atomic E-state index is 0.00900. The number of urea groups is 1. The van der Waals surface area contributed by atoms with Crippen LogP contribution in [-0.4, -0.2) is 84.0 Å². The van der Waals surface area contributed by atoms with Crippen molar-refractivity contribution in [1.29, 1.82) is 0 Å². The molecule has 0 aromatic rings. The van der Waals surface area contributed by atoms with Gasteiger partial charge < -0.3 is 14.9 Å². The lowest BCUT2D eigenvalue weighted by atomic mass is 10.2. The van der Waals surface area contributed by atoms with E-state index < -0.39 is 15.8 Å². The summed E-state index contributed by atoms with van der Waals surface area (Å²) in [5.74, 6) is 0.590. The number of thioether (sulfide) groups is 1. The lowest BCUT2D eigenvalue weighted by Crippen LogP contribution is -2.53.